The lowest BCUT2D eigenvalue weighted by atomic mass is 9.78. The molecule has 0 aromatic heterocycles. The molecule has 1 saturated heterocycles. The monoisotopic (exact) mass is 351 g/mol. The molecule has 2 nitrogen and oxygen atoms in total. The fraction of sp³-hybridized carbons (Fsp3) is 0.667. The minimum atomic E-state index is 0.200. The summed E-state index contributed by atoms with van der Waals surface area (Å²) < 4.78 is 7.36. The van der Waals surface area contributed by atoms with Gasteiger partial charge in [-0.3, -0.25) is 0 Å². The molecule has 1 saturated carbocycles. The number of hydrogen-bond donors (Lipinski definition) is 1. The molecule has 0 amide bonds. The highest BCUT2D eigenvalue weighted by Gasteiger charge is 2.42. The van der Waals surface area contributed by atoms with Crippen LogP contribution in [0.25, 0.3) is 0 Å². The van der Waals surface area contributed by atoms with Crippen LogP contribution in [0.5, 0.6) is 0 Å². The fourth-order valence-corrected chi connectivity index (χ4v) is 4.43. The van der Waals surface area contributed by atoms with Crippen molar-refractivity contribution in [2.24, 2.45) is 5.92 Å². The molecule has 1 aliphatic heterocycles. The Balaban J connectivity index is 1.78. The average molecular weight is 352 g/mol. The fourth-order valence-electron chi connectivity index (χ4n) is 4.16. The third kappa shape index (κ3) is 3.52. The molecule has 21 heavy (non-hydrogen) atoms. The van der Waals surface area contributed by atoms with E-state index in [2.05, 4.69) is 52.4 Å². The van der Waals surface area contributed by atoms with E-state index in [0.717, 1.165) is 17.6 Å². The smallest absolute Gasteiger partial charge is 0.0686 e. The molecule has 1 N–H and O–H groups in total. The summed E-state index contributed by atoms with van der Waals surface area (Å²) in [5.41, 5.74) is 1.62. The molecular weight excluding hydrogens is 326 g/mol. The summed E-state index contributed by atoms with van der Waals surface area (Å²) in [6, 6.07) is 9.29. The molecule has 116 valence electrons. The van der Waals surface area contributed by atoms with Crippen molar-refractivity contribution >= 4 is 15.9 Å². The van der Waals surface area contributed by atoms with Crippen molar-refractivity contribution in [2.45, 2.75) is 57.1 Å². The summed E-state index contributed by atoms with van der Waals surface area (Å²) in [5, 5.41) is 3.72. The Bertz CT molecular complexity index is 453. The maximum absolute atomic E-state index is 6.20. The number of nitrogens with one attached hydrogen (secondary N) is 1. The van der Waals surface area contributed by atoms with Gasteiger partial charge in [0.15, 0.2) is 0 Å². The molecule has 2 fully saturated rings. The first-order chi connectivity index (χ1) is 10.2. The molecule has 2 atom stereocenters. The topological polar surface area (TPSA) is 21.3 Å². The largest absolute Gasteiger partial charge is 0.375 e. The SMILES string of the molecule is CCNC(c1ccc(Br)cc1)C1CCOC2(CCCC2)C1. The van der Waals surface area contributed by atoms with Gasteiger partial charge in [0.05, 0.1) is 5.60 Å². The second-order valence-corrected chi connectivity index (χ2v) is 7.49. The molecule has 3 heteroatoms. The second-order valence-electron chi connectivity index (χ2n) is 6.58. The molecular formula is C18H26BrNO. The lowest BCUT2D eigenvalue weighted by Crippen LogP contribution is -2.42. The molecule has 1 spiro atoms. The molecule has 3 rings (SSSR count). The molecule has 1 heterocycles. The standard InChI is InChI=1S/C18H26BrNO/c1-2-20-17(14-5-7-16(19)8-6-14)15-9-12-21-18(13-15)10-3-4-11-18/h5-8,15,17,20H,2-4,9-13H2,1H3. The van der Waals surface area contributed by atoms with E-state index in [1.807, 2.05) is 0 Å². The molecule has 2 aliphatic rings. The number of benzene rings is 1. The van der Waals surface area contributed by atoms with E-state index in [9.17, 15) is 0 Å². The van der Waals surface area contributed by atoms with Crippen LogP contribution in [0.15, 0.2) is 28.7 Å². The van der Waals surface area contributed by atoms with Crippen molar-refractivity contribution in [3.05, 3.63) is 34.3 Å². The van der Waals surface area contributed by atoms with Crippen LogP contribution in [-0.2, 0) is 4.74 Å². The normalized spacial score (nSPS) is 26.1. The molecule has 1 aromatic carbocycles. The first kappa shape index (κ1) is 15.5. The van der Waals surface area contributed by atoms with E-state index >= 15 is 0 Å². The van der Waals surface area contributed by atoms with Crippen LogP contribution in [0.1, 0.15) is 57.1 Å². The van der Waals surface area contributed by atoms with Crippen molar-refractivity contribution in [2.75, 3.05) is 13.2 Å². The third-order valence-electron chi connectivity index (χ3n) is 5.17. The first-order valence-electron chi connectivity index (χ1n) is 8.35. The summed E-state index contributed by atoms with van der Waals surface area (Å²) >= 11 is 3.54. The molecule has 1 aliphatic carbocycles. The average Bonchev–Trinajstić information content (AvgIpc) is 2.94. The Kier molecular flexibility index (Phi) is 5.03. The van der Waals surface area contributed by atoms with Crippen molar-refractivity contribution in [3.63, 3.8) is 0 Å². The number of halogens is 1. The minimum Gasteiger partial charge on any atom is -0.375 e. The van der Waals surface area contributed by atoms with Gasteiger partial charge in [-0.2, -0.15) is 0 Å². The lowest BCUT2D eigenvalue weighted by Gasteiger charge is -2.41. The van der Waals surface area contributed by atoms with Gasteiger partial charge < -0.3 is 10.1 Å². The van der Waals surface area contributed by atoms with Crippen LogP contribution >= 0.6 is 15.9 Å². The summed E-state index contributed by atoms with van der Waals surface area (Å²) in [7, 11) is 0. The van der Waals surface area contributed by atoms with Crippen molar-refractivity contribution in [3.8, 4) is 0 Å². The minimum absolute atomic E-state index is 0.200. The Labute approximate surface area is 136 Å². The van der Waals surface area contributed by atoms with Crippen molar-refractivity contribution in [1.29, 1.82) is 0 Å². The van der Waals surface area contributed by atoms with Crippen LogP contribution < -0.4 is 5.32 Å². The lowest BCUT2D eigenvalue weighted by molar-refractivity contribution is -0.0981. The molecule has 0 radical (unpaired) electrons. The number of ether oxygens (including phenoxy) is 1. The van der Waals surface area contributed by atoms with Gasteiger partial charge in [0.25, 0.3) is 0 Å². The Hall–Kier alpha value is -0.380. The predicted molar refractivity (Wildman–Crippen MR) is 90.4 cm³/mol. The van der Waals surface area contributed by atoms with Gasteiger partial charge in [-0.05, 0) is 55.8 Å². The second kappa shape index (κ2) is 6.80. The molecule has 2 unspecified atom stereocenters. The highest BCUT2D eigenvalue weighted by molar-refractivity contribution is 9.10. The first-order valence-corrected chi connectivity index (χ1v) is 9.14. The van der Waals surface area contributed by atoms with Crippen molar-refractivity contribution in [1.82, 2.24) is 5.32 Å². The van der Waals surface area contributed by atoms with E-state index in [0.29, 0.717) is 12.0 Å². The van der Waals surface area contributed by atoms with Crippen LogP contribution in [0.2, 0.25) is 0 Å². The van der Waals surface area contributed by atoms with Crippen LogP contribution in [0, 0.1) is 5.92 Å². The quantitative estimate of drug-likeness (QED) is 0.837. The Morgan fingerprint density at radius 2 is 2.00 bits per heavy atom. The van der Waals surface area contributed by atoms with Crippen molar-refractivity contribution < 1.29 is 4.74 Å². The summed E-state index contributed by atoms with van der Waals surface area (Å²) in [4.78, 5) is 0. The van der Waals surface area contributed by atoms with E-state index in [-0.39, 0.29) is 5.60 Å². The summed E-state index contributed by atoms with van der Waals surface area (Å²) in [6.45, 7) is 4.16. The third-order valence-corrected chi connectivity index (χ3v) is 5.70. The van der Waals surface area contributed by atoms with Gasteiger partial charge in [0.1, 0.15) is 0 Å². The van der Waals surface area contributed by atoms with Crippen LogP contribution in [0.4, 0.5) is 0 Å². The zero-order valence-electron chi connectivity index (χ0n) is 12.9. The van der Waals surface area contributed by atoms with Crippen LogP contribution in [-0.4, -0.2) is 18.8 Å². The van der Waals surface area contributed by atoms with Crippen LogP contribution in [0.3, 0.4) is 0 Å². The molecule has 0 bridgehead atoms. The van der Waals surface area contributed by atoms with E-state index in [1.165, 1.54) is 44.1 Å². The van der Waals surface area contributed by atoms with E-state index < -0.39 is 0 Å². The maximum Gasteiger partial charge on any atom is 0.0686 e. The van der Waals surface area contributed by atoms with Gasteiger partial charge in [0, 0.05) is 17.1 Å². The van der Waals surface area contributed by atoms with Gasteiger partial charge in [-0.15, -0.1) is 0 Å². The molecule has 1 aromatic rings. The highest BCUT2D eigenvalue weighted by Crippen LogP contribution is 2.45. The Morgan fingerprint density at radius 3 is 2.67 bits per heavy atom. The van der Waals surface area contributed by atoms with E-state index in [1.54, 1.807) is 0 Å². The van der Waals surface area contributed by atoms with Gasteiger partial charge in [-0.1, -0.05) is 47.8 Å². The maximum atomic E-state index is 6.20. The van der Waals surface area contributed by atoms with Gasteiger partial charge >= 0.3 is 0 Å². The number of hydrogen-bond acceptors (Lipinski definition) is 2. The zero-order valence-corrected chi connectivity index (χ0v) is 14.5. The highest BCUT2D eigenvalue weighted by atomic mass is 79.9. The number of rotatable bonds is 4. The van der Waals surface area contributed by atoms with Gasteiger partial charge in [-0.25, -0.2) is 0 Å². The summed E-state index contributed by atoms with van der Waals surface area (Å²) in [5.74, 6) is 0.693. The summed E-state index contributed by atoms with van der Waals surface area (Å²) in [6.07, 6.45) is 7.62. The predicted octanol–water partition coefficient (Wildman–Crippen LogP) is 4.84. The van der Waals surface area contributed by atoms with E-state index in [4.69, 9.17) is 4.74 Å². The zero-order chi connectivity index (χ0) is 14.7. The Morgan fingerprint density at radius 1 is 1.29 bits per heavy atom. The van der Waals surface area contributed by atoms with Gasteiger partial charge in [0.2, 0.25) is 0 Å².